The molecular formula is C18H18N2O3. The number of hydrogen-bond acceptors (Lipinski definition) is 3. The molecule has 1 aromatic carbocycles. The summed E-state index contributed by atoms with van der Waals surface area (Å²) < 4.78 is 0. The number of aliphatic carboxylic acids is 1. The summed E-state index contributed by atoms with van der Waals surface area (Å²) >= 11 is 0. The lowest BCUT2D eigenvalue weighted by Crippen LogP contribution is -2.34. The van der Waals surface area contributed by atoms with Crippen molar-refractivity contribution in [2.45, 2.75) is 32.1 Å². The topological polar surface area (TPSA) is 79.3 Å². The van der Waals surface area contributed by atoms with E-state index in [0.717, 1.165) is 41.4 Å². The van der Waals surface area contributed by atoms with Crippen LogP contribution in [0.3, 0.4) is 0 Å². The summed E-state index contributed by atoms with van der Waals surface area (Å²) in [5.41, 5.74) is 2.80. The van der Waals surface area contributed by atoms with Gasteiger partial charge in [0.1, 0.15) is 0 Å². The Labute approximate surface area is 133 Å². The summed E-state index contributed by atoms with van der Waals surface area (Å²) in [6.07, 6.45) is 4.05. The van der Waals surface area contributed by atoms with Crippen LogP contribution in [0.2, 0.25) is 0 Å². The number of pyridine rings is 1. The van der Waals surface area contributed by atoms with Gasteiger partial charge < -0.3 is 10.4 Å². The Morgan fingerprint density at radius 3 is 2.74 bits per heavy atom. The van der Waals surface area contributed by atoms with Gasteiger partial charge in [0.25, 0.3) is 5.91 Å². The molecule has 0 radical (unpaired) electrons. The number of nitrogens with one attached hydrogen (secondary N) is 1. The highest BCUT2D eigenvalue weighted by Crippen LogP contribution is 2.45. The molecule has 0 spiro atoms. The van der Waals surface area contributed by atoms with Crippen LogP contribution in [0.25, 0.3) is 10.9 Å². The van der Waals surface area contributed by atoms with E-state index >= 15 is 0 Å². The number of carboxylic acids is 1. The number of carbonyl (C=O) groups is 2. The summed E-state index contributed by atoms with van der Waals surface area (Å²) in [5, 5.41) is 13.0. The van der Waals surface area contributed by atoms with Gasteiger partial charge in [-0.15, -0.1) is 0 Å². The standard InChI is InChI=1S/C18H18N2O3/c21-16(19-10-18(8-9-18)17(22)23)15-11-4-1-2-6-13(11)20-14-7-3-5-12(14)15/h1-2,4,6H,3,5,7-10H2,(H,19,21)(H,22,23). The molecule has 1 amide bonds. The zero-order valence-corrected chi connectivity index (χ0v) is 12.8. The van der Waals surface area contributed by atoms with Crippen molar-refractivity contribution in [2.24, 2.45) is 5.41 Å². The van der Waals surface area contributed by atoms with Crippen molar-refractivity contribution >= 4 is 22.8 Å². The smallest absolute Gasteiger partial charge is 0.311 e. The fourth-order valence-electron chi connectivity index (χ4n) is 3.43. The van der Waals surface area contributed by atoms with Crippen molar-refractivity contribution in [2.75, 3.05) is 6.54 Å². The Kier molecular flexibility index (Phi) is 3.11. The van der Waals surface area contributed by atoms with E-state index in [1.54, 1.807) is 0 Å². The van der Waals surface area contributed by atoms with Crippen LogP contribution in [0.5, 0.6) is 0 Å². The molecule has 2 aliphatic rings. The monoisotopic (exact) mass is 310 g/mol. The van der Waals surface area contributed by atoms with Crippen LogP contribution < -0.4 is 5.32 Å². The summed E-state index contributed by atoms with van der Waals surface area (Å²) in [4.78, 5) is 28.7. The predicted octanol–water partition coefficient (Wildman–Crippen LogP) is 2.32. The van der Waals surface area contributed by atoms with Gasteiger partial charge in [0, 0.05) is 17.6 Å². The zero-order valence-electron chi connectivity index (χ0n) is 12.8. The van der Waals surface area contributed by atoms with Crippen molar-refractivity contribution in [3.05, 3.63) is 41.1 Å². The maximum Gasteiger partial charge on any atom is 0.311 e. The fourth-order valence-corrected chi connectivity index (χ4v) is 3.43. The number of fused-ring (bicyclic) bond motifs is 2. The minimum atomic E-state index is -0.817. The first-order valence-corrected chi connectivity index (χ1v) is 8.03. The van der Waals surface area contributed by atoms with Crippen LogP contribution in [-0.2, 0) is 17.6 Å². The molecule has 1 saturated carbocycles. The lowest BCUT2D eigenvalue weighted by Gasteiger charge is -2.15. The van der Waals surface area contributed by atoms with Crippen molar-refractivity contribution < 1.29 is 14.7 Å². The third kappa shape index (κ3) is 2.27. The number of carbonyl (C=O) groups excluding carboxylic acids is 1. The highest BCUT2D eigenvalue weighted by Gasteiger charge is 2.50. The normalized spacial score (nSPS) is 17.7. The van der Waals surface area contributed by atoms with Crippen LogP contribution in [0.4, 0.5) is 0 Å². The van der Waals surface area contributed by atoms with Gasteiger partial charge in [0.15, 0.2) is 0 Å². The maximum absolute atomic E-state index is 12.8. The van der Waals surface area contributed by atoms with Gasteiger partial charge in [-0.2, -0.15) is 0 Å². The molecule has 0 aliphatic heterocycles. The molecule has 23 heavy (non-hydrogen) atoms. The molecule has 1 heterocycles. The molecule has 1 aromatic heterocycles. The molecule has 0 atom stereocenters. The van der Waals surface area contributed by atoms with E-state index in [1.165, 1.54) is 0 Å². The van der Waals surface area contributed by atoms with Crippen molar-refractivity contribution in [1.29, 1.82) is 0 Å². The minimum absolute atomic E-state index is 0.172. The number of rotatable bonds is 4. The summed E-state index contributed by atoms with van der Waals surface area (Å²) in [7, 11) is 0. The molecule has 5 heteroatoms. The summed E-state index contributed by atoms with van der Waals surface area (Å²) in [6.45, 7) is 0.201. The van der Waals surface area contributed by atoms with E-state index in [-0.39, 0.29) is 12.5 Å². The zero-order chi connectivity index (χ0) is 16.0. The van der Waals surface area contributed by atoms with Gasteiger partial charge >= 0.3 is 5.97 Å². The molecule has 0 saturated heterocycles. The Balaban J connectivity index is 1.70. The molecule has 2 aliphatic carbocycles. The van der Waals surface area contributed by atoms with E-state index in [9.17, 15) is 14.7 Å². The molecule has 0 bridgehead atoms. The molecule has 2 aromatic rings. The molecule has 0 unspecified atom stereocenters. The predicted molar refractivity (Wildman–Crippen MR) is 85.4 cm³/mol. The van der Waals surface area contributed by atoms with E-state index < -0.39 is 11.4 Å². The second kappa shape index (κ2) is 5.05. The first-order chi connectivity index (χ1) is 11.1. The number of benzene rings is 1. The largest absolute Gasteiger partial charge is 0.481 e. The minimum Gasteiger partial charge on any atom is -0.481 e. The number of aryl methyl sites for hydroxylation is 1. The highest BCUT2D eigenvalue weighted by atomic mass is 16.4. The van der Waals surface area contributed by atoms with E-state index in [2.05, 4.69) is 10.3 Å². The molecule has 118 valence electrons. The number of para-hydroxylation sites is 1. The average Bonchev–Trinajstić information content (AvgIpc) is 3.21. The van der Waals surface area contributed by atoms with E-state index in [0.29, 0.717) is 18.4 Å². The van der Waals surface area contributed by atoms with Gasteiger partial charge in [-0.3, -0.25) is 14.6 Å². The highest BCUT2D eigenvalue weighted by molar-refractivity contribution is 6.08. The number of nitrogens with zero attached hydrogens (tertiary/aromatic N) is 1. The van der Waals surface area contributed by atoms with Crippen LogP contribution >= 0.6 is 0 Å². The summed E-state index contributed by atoms with van der Waals surface area (Å²) in [6, 6.07) is 7.66. The van der Waals surface area contributed by atoms with Crippen molar-refractivity contribution in [3.8, 4) is 0 Å². The number of carboxylic acid groups (broad SMARTS) is 1. The van der Waals surface area contributed by atoms with Crippen LogP contribution in [0.15, 0.2) is 24.3 Å². The van der Waals surface area contributed by atoms with Crippen molar-refractivity contribution in [1.82, 2.24) is 10.3 Å². The molecular weight excluding hydrogens is 292 g/mol. The second-order valence-corrected chi connectivity index (χ2v) is 6.55. The summed E-state index contributed by atoms with van der Waals surface area (Å²) in [5.74, 6) is -0.989. The van der Waals surface area contributed by atoms with Gasteiger partial charge in [-0.05, 0) is 43.7 Å². The third-order valence-electron chi connectivity index (χ3n) is 5.04. The van der Waals surface area contributed by atoms with Crippen LogP contribution in [-0.4, -0.2) is 28.5 Å². The molecule has 2 N–H and O–H groups in total. The quantitative estimate of drug-likeness (QED) is 0.908. The number of aromatic nitrogens is 1. The lowest BCUT2D eigenvalue weighted by atomic mass is 10.00. The first kappa shape index (κ1) is 14.2. The van der Waals surface area contributed by atoms with Gasteiger partial charge in [-0.25, -0.2) is 0 Å². The van der Waals surface area contributed by atoms with Gasteiger partial charge in [0.2, 0.25) is 0 Å². The van der Waals surface area contributed by atoms with Gasteiger partial charge in [0.05, 0.1) is 16.5 Å². The molecule has 5 nitrogen and oxygen atoms in total. The Bertz CT molecular complexity index is 824. The fraction of sp³-hybridized carbons (Fsp3) is 0.389. The Morgan fingerprint density at radius 1 is 1.22 bits per heavy atom. The second-order valence-electron chi connectivity index (χ2n) is 6.55. The van der Waals surface area contributed by atoms with E-state index in [1.807, 2.05) is 24.3 Å². The maximum atomic E-state index is 12.8. The number of amides is 1. The van der Waals surface area contributed by atoms with E-state index in [4.69, 9.17) is 0 Å². The average molecular weight is 310 g/mol. The molecule has 4 rings (SSSR count). The Hall–Kier alpha value is -2.43. The number of hydrogen-bond donors (Lipinski definition) is 2. The van der Waals surface area contributed by atoms with Crippen LogP contribution in [0, 0.1) is 5.41 Å². The van der Waals surface area contributed by atoms with Crippen molar-refractivity contribution in [3.63, 3.8) is 0 Å². The van der Waals surface area contributed by atoms with Gasteiger partial charge in [-0.1, -0.05) is 18.2 Å². The lowest BCUT2D eigenvalue weighted by molar-refractivity contribution is -0.143. The Morgan fingerprint density at radius 2 is 2.00 bits per heavy atom. The van der Waals surface area contributed by atoms with Crippen LogP contribution in [0.1, 0.15) is 40.9 Å². The first-order valence-electron chi connectivity index (χ1n) is 8.03. The SMILES string of the molecule is O=C(NCC1(C(=O)O)CC1)c1c2c(nc3ccccc13)CCC2. The third-order valence-corrected chi connectivity index (χ3v) is 5.04. The molecule has 1 fully saturated rings.